The first-order valence-corrected chi connectivity index (χ1v) is 12.8. The number of hydrogen-bond donors (Lipinski definition) is 1. The van der Waals surface area contributed by atoms with E-state index in [1.54, 1.807) is 54.6 Å². The molecule has 0 spiro atoms. The van der Waals surface area contributed by atoms with Crippen LogP contribution in [0, 0.1) is 0 Å². The smallest absolute Gasteiger partial charge is 0.215 e. The van der Waals surface area contributed by atoms with Crippen LogP contribution < -0.4 is 4.74 Å². The summed E-state index contributed by atoms with van der Waals surface area (Å²) in [7, 11) is -3.95. The molecule has 32 heavy (non-hydrogen) atoms. The first-order valence-electron chi connectivity index (χ1n) is 9.72. The molecule has 0 amide bonds. The lowest BCUT2D eigenvalue weighted by Crippen LogP contribution is -2.51. The van der Waals surface area contributed by atoms with Crippen molar-refractivity contribution in [3.63, 3.8) is 0 Å². The number of hydrogen-bond acceptors (Lipinski definition) is 6. The van der Waals surface area contributed by atoms with Crippen LogP contribution in [0.3, 0.4) is 0 Å². The highest BCUT2D eigenvalue weighted by molar-refractivity contribution is 9.10. The van der Waals surface area contributed by atoms with E-state index < -0.39 is 38.0 Å². The van der Waals surface area contributed by atoms with Crippen molar-refractivity contribution in [3.05, 3.63) is 93.2 Å². The van der Waals surface area contributed by atoms with Crippen molar-refractivity contribution in [3.8, 4) is 5.75 Å². The van der Waals surface area contributed by atoms with Crippen molar-refractivity contribution in [1.29, 1.82) is 0 Å². The van der Waals surface area contributed by atoms with E-state index in [2.05, 4.69) is 20.9 Å². The topological polar surface area (TPSA) is 93.6 Å². The van der Waals surface area contributed by atoms with E-state index in [4.69, 9.17) is 16.3 Å². The number of carbonyl (C=O) groups excluding carboxylic acids is 1. The first-order chi connectivity index (χ1) is 15.1. The van der Waals surface area contributed by atoms with Gasteiger partial charge in [0.05, 0.1) is 10.9 Å². The number of sulfone groups is 1. The predicted octanol–water partition coefficient (Wildman–Crippen LogP) is 3.75. The van der Waals surface area contributed by atoms with E-state index in [0.717, 1.165) is 10.7 Å². The van der Waals surface area contributed by atoms with Crippen LogP contribution in [0.2, 0.25) is 5.02 Å². The van der Waals surface area contributed by atoms with Gasteiger partial charge in [-0.15, -0.1) is 0 Å². The number of Topliss-reactive ketones (excluding diaryl/α,β-unsaturated/α-hetero) is 1. The maximum absolute atomic E-state index is 13.8. The lowest BCUT2D eigenvalue weighted by Gasteiger charge is -2.39. The van der Waals surface area contributed by atoms with Gasteiger partial charge in [0.15, 0.2) is 21.2 Å². The Morgan fingerprint density at radius 3 is 2.41 bits per heavy atom. The van der Waals surface area contributed by atoms with Crippen molar-refractivity contribution in [2.24, 2.45) is 0 Å². The molecule has 0 saturated heterocycles. The summed E-state index contributed by atoms with van der Waals surface area (Å²) in [5.41, 5.74) is -3.14. The molecule has 9 heteroatoms. The van der Waals surface area contributed by atoms with Gasteiger partial charge in [-0.25, -0.2) is 8.42 Å². The average molecular weight is 535 g/mol. The normalized spacial score (nSPS) is 28.8. The molecule has 3 aromatic rings. The van der Waals surface area contributed by atoms with Crippen molar-refractivity contribution < 1.29 is 23.1 Å². The van der Waals surface area contributed by atoms with Crippen LogP contribution >= 0.6 is 27.5 Å². The van der Waals surface area contributed by atoms with Gasteiger partial charge in [-0.05, 0) is 23.3 Å². The van der Waals surface area contributed by atoms with Gasteiger partial charge in [0, 0.05) is 23.0 Å². The molecule has 1 saturated carbocycles. The molecular weight excluding hydrogens is 518 g/mol. The Kier molecular flexibility index (Phi) is 4.80. The Hall–Kier alpha value is -2.26. The van der Waals surface area contributed by atoms with Gasteiger partial charge in [-0.1, -0.05) is 70.0 Å². The molecule has 5 rings (SSSR count). The van der Waals surface area contributed by atoms with Gasteiger partial charge < -0.3 is 9.84 Å². The minimum absolute atomic E-state index is 0.0399. The minimum atomic E-state index is -3.95. The minimum Gasteiger partial charge on any atom is -0.476 e. The van der Waals surface area contributed by atoms with Crippen molar-refractivity contribution in [2.45, 2.75) is 22.4 Å². The maximum Gasteiger partial charge on any atom is 0.215 e. The second-order valence-electron chi connectivity index (χ2n) is 8.06. The van der Waals surface area contributed by atoms with Crippen LogP contribution in [0.5, 0.6) is 5.75 Å². The monoisotopic (exact) mass is 533 g/mol. The number of benzene rings is 2. The van der Waals surface area contributed by atoms with Crippen molar-refractivity contribution in [2.75, 3.05) is 6.26 Å². The number of rotatable bonds is 3. The van der Waals surface area contributed by atoms with E-state index in [1.807, 2.05) is 0 Å². The van der Waals surface area contributed by atoms with Gasteiger partial charge in [0.25, 0.3) is 0 Å². The molecule has 1 unspecified atom stereocenters. The standard InChI is InChI=1S/C23H17BrClNO5S/c1-32(29,30)19-18(13-5-3-2-4-6-13)23(14-7-9-15(24)10-8-14)22(28,21(19)27)20-17(31-23)11-16(25)12-26-20/h2-12,18-19,28H,1H3/t18-,19?,22+,23+/m1/s1. The third-order valence-corrected chi connectivity index (χ3v) is 8.36. The first kappa shape index (κ1) is 21.6. The average Bonchev–Trinajstić information content (AvgIpc) is 3.12. The zero-order valence-electron chi connectivity index (χ0n) is 16.7. The fourth-order valence-corrected chi connectivity index (χ4v) is 6.82. The number of pyridine rings is 1. The maximum atomic E-state index is 13.8. The van der Waals surface area contributed by atoms with E-state index in [0.29, 0.717) is 11.1 Å². The highest BCUT2D eigenvalue weighted by Crippen LogP contribution is 2.65. The van der Waals surface area contributed by atoms with Crippen LogP contribution in [-0.2, 0) is 25.8 Å². The molecule has 6 nitrogen and oxygen atoms in total. The molecule has 1 aliphatic carbocycles. The van der Waals surface area contributed by atoms with Gasteiger partial charge in [-0.2, -0.15) is 0 Å². The molecule has 0 radical (unpaired) electrons. The lowest BCUT2D eigenvalue weighted by atomic mass is 9.72. The summed E-state index contributed by atoms with van der Waals surface area (Å²) in [6.45, 7) is 0. The lowest BCUT2D eigenvalue weighted by molar-refractivity contribution is -0.151. The fraction of sp³-hybridized carbons (Fsp3) is 0.217. The molecule has 1 aliphatic heterocycles. The summed E-state index contributed by atoms with van der Waals surface area (Å²) in [6, 6.07) is 17.1. The molecule has 2 aliphatic rings. The van der Waals surface area contributed by atoms with Crippen LogP contribution in [-0.4, -0.2) is 35.8 Å². The predicted molar refractivity (Wildman–Crippen MR) is 122 cm³/mol. The summed E-state index contributed by atoms with van der Waals surface area (Å²) in [6.07, 6.45) is 2.30. The highest BCUT2D eigenvalue weighted by atomic mass is 79.9. The number of nitrogens with zero attached hydrogens (tertiary/aromatic N) is 1. The van der Waals surface area contributed by atoms with Gasteiger partial charge >= 0.3 is 0 Å². The van der Waals surface area contributed by atoms with Crippen LogP contribution in [0.15, 0.2) is 71.3 Å². The van der Waals surface area contributed by atoms with Gasteiger partial charge in [0.1, 0.15) is 16.7 Å². The number of halogens is 2. The Bertz CT molecular complexity index is 1350. The number of aliphatic hydroxyl groups is 1. The molecule has 0 bridgehead atoms. The largest absolute Gasteiger partial charge is 0.476 e. The Balaban J connectivity index is 1.91. The summed E-state index contributed by atoms with van der Waals surface area (Å²) >= 11 is 9.51. The van der Waals surface area contributed by atoms with Gasteiger partial charge in [0.2, 0.25) is 5.60 Å². The zero-order valence-corrected chi connectivity index (χ0v) is 19.9. The summed E-state index contributed by atoms with van der Waals surface area (Å²) in [5.74, 6) is -1.76. The molecule has 164 valence electrons. The summed E-state index contributed by atoms with van der Waals surface area (Å²) in [4.78, 5) is 18.1. The molecule has 1 N–H and O–H groups in total. The molecule has 2 heterocycles. The number of aromatic nitrogens is 1. The second kappa shape index (κ2) is 7.12. The Labute approximate surface area is 198 Å². The van der Waals surface area contributed by atoms with Crippen LogP contribution in [0.25, 0.3) is 0 Å². The highest BCUT2D eigenvalue weighted by Gasteiger charge is 2.79. The quantitative estimate of drug-likeness (QED) is 0.550. The number of carbonyl (C=O) groups is 1. The summed E-state index contributed by atoms with van der Waals surface area (Å²) < 4.78 is 33.1. The third-order valence-electron chi connectivity index (χ3n) is 6.22. The van der Waals surface area contributed by atoms with Crippen LogP contribution in [0.1, 0.15) is 22.7 Å². The number of fused-ring (bicyclic) bond motifs is 3. The molecule has 1 fully saturated rings. The van der Waals surface area contributed by atoms with Crippen molar-refractivity contribution >= 4 is 43.2 Å². The van der Waals surface area contributed by atoms with E-state index in [-0.39, 0.29) is 16.5 Å². The molecule has 4 atom stereocenters. The third kappa shape index (κ3) is 2.76. The SMILES string of the molecule is CS(=O)(=O)C1C(=O)[C@@]2(O)c3ncc(Cl)cc3O[C@@]2(c2ccc(Br)cc2)[C@@H]1c1ccccc1. The van der Waals surface area contributed by atoms with Crippen molar-refractivity contribution in [1.82, 2.24) is 4.98 Å². The van der Waals surface area contributed by atoms with E-state index in [9.17, 15) is 18.3 Å². The number of ether oxygens (including phenoxy) is 1. The Morgan fingerprint density at radius 2 is 1.78 bits per heavy atom. The van der Waals surface area contributed by atoms with E-state index in [1.165, 1.54) is 12.3 Å². The van der Waals surface area contributed by atoms with Crippen LogP contribution in [0.4, 0.5) is 0 Å². The Morgan fingerprint density at radius 1 is 1.12 bits per heavy atom. The fourth-order valence-electron chi connectivity index (χ4n) is 5.01. The number of ketones is 1. The molecule has 1 aromatic heterocycles. The summed E-state index contributed by atoms with van der Waals surface area (Å²) in [5, 5.41) is 10.9. The zero-order chi connectivity index (χ0) is 22.9. The van der Waals surface area contributed by atoms with E-state index >= 15 is 0 Å². The second-order valence-corrected chi connectivity index (χ2v) is 11.6. The molecule has 2 aromatic carbocycles. The van der Waals surface area contributed by atoms with Gasteiger partial charge in [-0.3, -0.25) is 9.78 Å². The molecular formula is C23H17BrClNO5S.